The van der Waals surface area contributed by atoms with Gasteiger partial charge >= 0.3 is 0 Å². The number of carbonyl (C=O) groups excluding carboxylic acids is 2. The fourth-order valence-electron chi connectivity index (χ4n) is 1.59. The molecule has 13 heavy (non-hydrogen) atoms. The van der Waals surface area contributed by atoms with Gasteiger partial charge in [-0.2, -0.15) is 0 Å². The summed E-state index contributed by atoms with van der Waals surface area (Å²) in [5.74, 6) is -0.125. The molecule has 72 valence electrons. The minimum atomic E-state index is -0.731. The van der Waals surface area contributed by atoms with E-state index in [9.17, 15) is 14.7 Å². The zero-order valence-corrected chi connectivity index (χ0v) is 7.96. The number of allylic oxidation sites excluding steroid dienone is 1. The minimum absolute atomic E-state index is 0.0119. The average Bonchev–Trinajstić information content (AvgIpc) is 2.12. The normalized spacial score (nSPS) is 23.6. The van der Waals surface area contributed by atoms with Crippen molar-refractivity contribution in [1.82, 2.24) is 0 Å². The SMILES string of the molecule is CCC(=O)C1=C(C)C(=O)CCC1O. The Labute approximate surface area is 77.4 Å². The lowest BCUT2D eigenvalue weighted by molar-refractivity contribution is -0.120. The molecule has 1 atom stereocenters. The van der Waals surface area contributed by atoms with Crippen LogP contribution in [-0.2, 0) is 9.59 Å². The largest absolute Gasteiger partial charge is 0.388 e. The Morgan fingerprint density at radius 1 is 1.62 bits per heavy atom. The first-order valence-corrected chi connectivity index (χ1v) is 4.53. The van der Waals surface area contributed by atoms with Crippen LogP contribution in [0.25, 0.3) is 0 Å². The van der Waals surface area contributed by atoms with Gasteiger partial charge in [-0.05, 0) is 13.3 Å². The third-order valence-corrected chi connectivity index (χ3v) is 2.42. The van der Waals surface area contributed by atoms with Crippen LogP contribution < -0.4 is 0 Å². The standard InChI is InChI=1S/C10H14O3/c1-3-7(11)10-6(2)8(12)4-5-9(10)13/h9,13H,3-5H2,1-2H3. The van der Waals surface area contributed by atoms with E-state index in [4.69, 9.17) is 0 Å². The van der Waals surface area contributed by atoms with Gasteiger partial charge in [0.15, 0.2) is 11.6 Å². The summed E-state index contributed by atoms with van der Waals surface area (Å²) in [5, 5.41) is 9.53. The summed E-state index contributed by atoms with van der Waals surface area (Å²) >= 11 is 0. The van der Waals surface area contributed by atoms with Crippen LogP contribution in [0.5, 0.6) is 0 Å². The third-order valence-electron chi connectivity index (χ3n) is 2.42. The molecule has 3 heteroatoms. The molecule has 0 saturated carbocycles. The summed E-state index contributed by atoms with van der Waals surface area (Å²) < 4.78 is 0. The van der Waals surface area contributed by atoms with Crippen molar-refractivity contribution < 1.29 is 14.7 Å². The van der Waals surface area contributed by atoms with Crippen LogP contribution in [0, 0.1) is 0 Å². The van der Waals surface area contributed by atoms with Crippen LogP contribution in [-0.4, -0.2) is 22.8 Å². The van der Waals surface area contributed by atoms with E-state index < -0.39 is 6.10 Å². The first-order chi connectivity index (χ1) is 6.07. The van der Waals surface area contributed by atoms with Gasteiger partial charge in [0.1, 0.15) is 0 Å². The van der Waals surface area contributed by atoms with Gasteiger partial charge in [0.25, 0.3) is 0 Å². The molecule has 0 fully saturated rings. The number of hydrogen-bond acceptors (Lipinski definition) is 3. The Morgan fingerprint density at radius 2 is 2.23 bits per heavy atom. The lowest BCUT2D eigenvalue weighted by Crippen LogP contribution is -2.27. The van der Waals surface area contributed by atoms with Gasteiger partial charge in [0.2, 0.25) is 0 Å². The van der Waals surface area contributed by atoms with Crippen LogP contribution in [0.1, 0.15) is 33.1 Å². The van der Waals surface area contributed by atoms with Crippen LogP contribution in [0.2, 0.25) is 0 Å². The summed E-state index contributed by atoms with van der Waals surface area (Å²) in [4.78, 5) is 22.6. The van der Waals surface area contributed by atoms with E-state index in [1.54, 1.807) is 13.8 Å². The fraction of sp³-hybridized carbons (Fsp3) is 0.600. The molecule has 0 spiro atoms. The van der Waals surface area contributed by atoms with Crippen LogP contribution in [0.4, 0.5) is 0 Å². The second kappa shape index (κ2) is 3.83. The quantitative estimate of drug-likeness (QED) is 0.693. The van der Waals surface area contributed by atoms with Gasteiger partial charge < -0.3 is 5.11 Å². The number of rotatable bonds is 2. The minimum Gasteiger partial charge on any atom is -0.388 e. The summed E-state index contributed by atoms with van der Waals surface area (Å²) in [7, 11) is 0. The number of aliphatic hydroxyl groups is 1. The number of hydrogen-bond donors (Lipinski definition) is 1. The second-order valence-electron chi connectivity index (χ2n) is 3.29. The van der Waals surface area contributed by atoms with Crippen molar-refractivity contribution in [1.29, 1.82) is 0 Å². The number of ketones is 2. The van der Waals surface area contributed by atoms with Crippen LogP contribution in [0.3, 0.4) is 0 Å². The first-order valence-electron chi connectivity index (χ1n) is 4.53. The smallest absolute Gasteiger partial charge is 0.161 e. The third kappa shape index (κ3) is 1.86. The topological polar surface area (TPSA) is 54.4 Å². The predicted molar refractivity (Wildman–Crippen MR) is 48.2 cm³/mol. The van der Waals surface area contributed by atoms with E-state index in [2.05, 4.69) is 0 Å². The molecule has 1 rings (SSSR count). The number of Topliss-reactive ketones (excluding diaryl/α,β-unsaturated/α-hetero) is 2. The highest BCUT2D eigenvalue weighted by atomic mass is 16.3. The molecule has 3 nitrogen and oxygen atoms in total. The molecule has 0 aliphatic heterocycles. The molecular weight excluding hydrogens is 168 g/mol. The molecule has 0 heterocycles. The van der Waals surface area contributed by atoms with Crippen LogP contribution in [0.15, 0.2) is 11.1 Å². The molecule has 1 aliphatic rings. The fourth-order valence-corrected chi connectivity index (χ4v) is 1.59. The van der Waals surface area contributed by atoms with Gasteiger partial charge in [0.05, 0.1) is 6.10 Å². The molecule has 1 N–H and O–H groups in total. The van der Waals surface area contributed by atoms with E-state index in [1.807, 2.05) is 0 Å². The van der Waals surface area contributed by atoms with E-state index >= 15 is 0 Å². The zero-order valence-electron chi connectivity index (χ0n) is 7.96. The molecule has 0 radical (unpaired) electrons. The van der Waals surface area contributed by atoms with Crippen molar-refractivity contribution in [3.63, 3.8) is 0 Å². The van der Waals surface area contributed by atoms with Gasteiger partial charge in [-0.1, -0.05) is 6.92 Å². The maximum Gasteiger partial charge on any atom is 0.161 e. The van der Waals surface area contributed by atoms with Gasteiger partial charge in [-0.15, -0.1) is 0 Å². The highest BCUT2D eigenvalue weighted by Gasteiger charge is 2.27. The highest BCUT2D eigenvalue weighted by molar-refractivity contribution is 6.07. The molecular formula is C10H14O3. The van der Waals surface area contributed by atoms with Gasteiger partial charge in [-0.25, -0.2) is 0 Å². The molecule has 1 aliphatic carbocycles. The molecule has 1 unspecified atom stereocenters. The summed E-state index contributed by atoms with van der Waals surface area (Å²) in [6.45, 7) is 3.35. The van der Waals surface area contributed by atoms with E-state index in [-0.39, 0.29) is 11.6 Å². The van der Waals surface area contributed by atoms with Crippen molar-refractivity contribution in [2.45, 2.75) is 39.2 Å². The molecule has 0 aromatic heterocycles. The first kappa shape index (κ1) is 10.1. The Balaban J connectivity index is 3.06. The Morgan fingerprint density at radius 3 is 2.77 bits per heavy atom. The Bertz CT molecular complexity index is 276. The second-order valence-corrected chi connectivity index (χ2v) is 3.29. The lowest BCUT2D eigenvalue weighted by atomic mass is 9.86. The number of carbonyl (C=O) groups is 2. The molecule has 0 aromatic carbocycles. The predicted octanol–water partition coefficient (Wildman–Crippen LogP) is 1.01. The molecule has 0 bridgehead atoms. The van der Waals surface area contributed by atoms with Crippen molar-refractivity contribution in [2.75, 3.05) is 0 Å². The van der Waals surface area contributed by atoms with Crippen molar-refractivity contribution >= 4 is 11.6 Å². The Hall–Kier alpha value is -0.960. The van der Waals surface area contributed by atoms with E-state index in [0.717, 1.165) is 0 Å². The van der Waals surface area contributed by atoms with Gasteiger partial charge in [-0.3, -0.25) is 9.59 Å². The monoisotopic (exact) mass is 182 g/mol. The molecule has 0 saturated heterocycles. The highest BCUT2D eigenvalue weighted by Crippen LogP contribution is 2.23. The van der Waals surface area contributed by atoms with Crippen LogP contribution >= 0.6 is 0 Å². The van der Waals surface area contributed by atoms with Crippen molar-refractivity contribution in [2.24, 2.45) is 0 Å². The lowest BCUT2D eigenvalue weighted by Gasteiger charge is -2.20. The van der Waals surface area contributed by atoms with E-state index in [0.29, 0.717) is 30.4 Å². The van der Waals surface area contributed by atoms with E-state index in [1.165, 1.54) is 0 Å². The van der Waals surface area contributed by atoms with Crippen molar-refractivity contribution in [3.05, 3.63) is 11.1 Å². The summed E-state index contributed by atoms with van der Waals surface area (Å²) in [5.41, 5.74) is 0.782. The van der Waals surface area contributed by atoms with Crippen molar-refractivity contribution in [3.8, 4) is 0 Å². The summed E-state index contributed by atoms with van der Waals surface area (Å²) in [6.07, 6.45) is 0.354. The maximum atomic E-state index is 11.4. The molecule has 0 amide bonds. The van der Waals surface area contributed by atoms with Gasteiger partial charge in [0, 0.05) is 24.0 Å². The number of aliphatic hydroxyl groups excluding tert-OH is 1. The Kier molecular flexibility index (Phi) is 2.98. The summed E-state index contributed by atoms with van der Waals surface area (Å²) in [6, 6.07) is 0. The maximum absolute atomic E-state index is 11.4. The molecule has 0 aromatic rings. The average molecular weight is 182 g/mol. The zero-order chi connectivity index (χ0) is 10.0.